The predicted molar refractivity (Wildman–Crippen MR) is 84.3 cm³/mol. The number of hydrazone groups is 1. The molecule has 0 aliphatic rings. The summed E-state index contributed by atoms with van der Waals surface area (Å²) in [5.74, 6) is -0.364. The molecule has 1 N–H and O–H groups in total. The van der Waals surface area contributed by atoms with Gasteiger partial charge in [0.15, 0.2) is 0 Å². The van der Waals surface area contributed by atoms with Crippen molar-refractivity contribution < 1.29 is 14.6 Å². The number of carboxylic acid groups (broad SMARTS) is 1. The number of hydrogen-bond acceptors (Lipinski definition) is 7. The van der Waals surface area contributed by atoms with Crippen molar-refractivity contribution in [3.05, 3.63) is 47.3 Å². The lowest BCUT2D eigenvalue weighted by molar-refractivity contribution is -0.307. The van der Waals surface area contributed by atoms with Crippen LogP contribution in [0.15, 0.2) is 35.4 Å². The van der Waals surface area contributed by atoms with E-state index < -0.39 is 12.6 Å². The molecule has 1 aromatic carbocycles. The maximum Gasteiger partial charge on any atom is 0.243 e. The molecule has 1 aromatic heterocycles. The Balaban J connectivity index is 2.04. The average molecular weight is 313 g/mol. The highest BCUT2D eigenvalue weighted by Crippen LogP contribution is 2.13. The van der Waals surface area contributed by atoms with Crippen molar-refractivity contribution in [2.24, 2.45) is 5.10 Å². The minimum Gasteiger partial charge on any atom is -0.546 e. The van der Waals surface area contributed by atoms with Gasteiger partial charge in [-0.1, -0.05) is 0 Å². The molecule has 0 unspecified atom stereocenters. The Hall–Kier alpha value is -2.96. The first kappa shape index (κ1) is 16.4. The number of rotatable bonds is 6. The van der Waals surface area contributed by atoms with Crippen LogP contribution in [0.1, 0.15) is 23.9 Å². The first-order valence-corrected chi connectivity index (χ1v) is 6.99. The van der Waals surface area contributed by atoms with Crippen LogP contribution in [0.3, 0.4) is 0 Å². The number of aryl methyl sites for hydroxylation is 2. The van der Waals surface area contributed by atoms with Crippen molar-refractivity contribution >= 4 is 17.6 Å². The molecule has 0 fully saturated rings. The molecule has 0 amide bonds. The molecule has 0 aliphatic carbocycles. The third-order valence-electron chi connectivity index (χ3n) is 2.93. The second kappa shape index (κ2) is 7.35. The van der Waals surface area contributed by atoms with Crippen LogP contribution in [0.25, 0.3) is 0 Å². The van der Waals surface area contributed by atoms with Gasteiger partial charge in [-0.25, -0.2) is 15.4 Å². The van der Waals surface area contributed by atoms with Crippen LogP contribution >= 0.6 is 0 Å². The van der Waals surface area contributed by atoms with Crippen molar-refractivity contribution in [3.63, 3.8) is 0 Å². The monoisotopic (exact) mass is 313 g/mol. The maximum atomic E-state index is 10.3. The van der Waals surface area contributed by atoms with Crippen molar-refractivity contribution in [1.82, 2.24) is 9.97 Å². The zero-order chi connectivity index (χ0) is 16.8. The van der Waals surface area contributed by atoms with Gasteiger partial charge in [-0.05, 0) is 56.7 Å². The fraction of sp³-hybridized carbons (Fsp3) is 0.250. The van der Waals surface area contributed by atoms with E-state index in [-0.39, 0.29) is 0 Å². The highest BCUT2D eigenvalue weighted by molar-refractivity contribution is 5.99. The normalized spacial score (nSPS) is 11.2. The fourth-order valence-corrected chi connectivity index (χ4v) is 1.91. The summed E-state index contributed by atoms with van der Waals surface area (Å²) < 4.78 is 5.02. The Kier molecular flexibility index (Phi) is 5.24. The highest BCUT2D eigenvalue weighted by Gasteiger charge is 2.01. The summed E-state index contributed by atoms with van der Waals surface area (Å²) in [5.41, 5.74) is 6.15. The van der Waals surface area contributed by atoms with Crippen LogP contribution in [0.5, 0.6) is 5.75 Å². The van der Waals surface area contributed by atoms with Crippen LogP contribution in [0.2, 0.25) is 0 Å². The Bertz CT molecular complexity index is 706. The molecule has 0 aliphatic heterocycles. The molecule has 1 heterocycles. The van der Waals surface area contributed by atoms with E-state index in [4.69, 9.17) is 4.74 Å². The Morgan fingerprint density at radius 1 is 1.22 bits per heavy atom. The summed E-state index contributed by atoms with van der Waals surface area (Å²) in [4.78, 5) is 18.8. The number of hydrogen-bond donors (Lipinski definition) is 1. The summed E-state index contributed by atoms with van der Waals surface area (Å²) >= 11 is 0. The second-order valence-electron chi connectivity index (χ2n) is 4.97. The van der Waals surface area contributed by atoms with Crippen molar-refractivity contribution in [3.8, 4) is 5.75 Å². The van der Waals surface area contributed by atoms with Gasteiger partial charge in [-0.2, -0.15) is 5.10 Å². The number of carboxylic acids is 1. The lowest BCUT2D eigenvalue weighted by atomic mass is 10.1. The van der Waals surface area contributed by atoms with Gasteiger partial charge < -0.3 is 14.6 Å². The largest absolute Gasteiger partial charge is 0.546 e. The van der Waals surface area contributed by atoms with E-state index in [1.54, 1.807) is 24.3 Å². The molecule has 0 saturated heterocycles. The van der Waals surface area contributed by atoms with Gasteiger partial charge in [0.1, 0.15) is 12.4 Å². The summed E-state index contributed by atoms with van der Waals surface area (Å²) in [6.07, 6.45) is 0. The average Bonchev–Trinajstić information content (AvgIpc) is 2.50. The molecule has 0 bridgehead atoms. The molecule has 0 atom stereocenters. The third kappa shape index (κ3) is 5.06. The van der Waals surface area contributed by atoms with E-state index in [1.165, 1.54) is 0 Å². The van der Waals surface area contributed by atoms with E-state index in [9.17, 15) is 9.90 Å². The number of aromatic nitrogens is 2. The topological polar surface area (TPSA) is 99.5 Å². The van der Waals surface area contributed by atoms with Crippen molar-refractivity contribution in [2.75, 3.05) is 12.0 Å². The summed E-state index contributed by atoms with van der Waals surface area (Å²) in [7, 11) is 0. The van der Waals surface area contributed by atoms with Crippen LogP contribution in [0, 0.1) is 13.8 Å². The molecule has 0 radical (unpaired) electrons. The summed E-state index contributed by atoms with van der Waals surface area (Å²) in [5, 5.41) is 14.6. The zero-order valence-electron chi connectivity index (χ0n) is 13.2. The van der Waals surface area contributed by atoms with E-state index >= 15 is 0 Å². The van der Waals surface area contributed by atoms with E-state index in [2.05, 4.69) is 20.5 Å². The van der Waals surface area contributed by atoms with Gasteiger partial charge in [0.25, 0.3) is 0 Å². The van der Waals surface area contributed by atoms with Gasteiger partial charge in [0, 0.05) is 11.4 Å². The quantitative estimate of drug-likeness (QED) is 0.632. The van der Waals surface area contributed by atoms with Crippen LogP contribution < -0.4 is 15.3 Å². The molecule has 0 spiro atoms. The van der Waals surface area contributed by atoms with Crippen LogP contribution in [0.4, 0.5) is 5.95 Å². The SMILES string of the molecule is C/C(=N/Nc1nc(C)cc(C)n1)c1ccc(OCC(=O)[O-])cc1. The number of ether oxygens (including phenoxy) is 1. The first-order valence-electron chi connectivity index (χ1n) is 6.99. The number of carbonyl (C=O) groups excluding carboxylic acids is 1. The van der Waals surface area contributed by atoms with E-state index in [0.717, 1.165) is 22.7 Å². The van der Waals surface area contributed by atoms with Gasteiger partial charge in [-0.15, -0.1) is 0 Å². The van der Waals surface area contributed by atoms with Gasteiger partial charge >= 0.3 is 0 Å². The molecular weight excluding hydrogens is 296 g/mol. The highest BCUT2D eigenvalue weighted by atomic mass is 16.5. The van der Waals surface area contributed by atoms with Gasteiger partial charge in [0.2, 0.25) is 5.95 Å². The Labute approximate surface area is 134 Å². The summed E-state index contributed by atoms with van der Waals surface area (Å²) in [6, 6.07) is 8.79. The molecule has 23 heavy (non-hydrogen) atoms. The van der Waals surface area contributed by atoms with Gasteiger partial charge in [-0.3, -0.25) is 0 Å². The maximum absolute atomic E-state index is 10.3. The minimum absolute atomic E-state index is 0.441. The van der Waals surface area contributed by atoms with E-state index in [0.29, 0.717) is 11.7 Å². The number of aliphatic carboxylic acids is 1. The van der Waals surface area contributed by atoms with Crippen molar-refractivity contribution in [1.29, 1.82) is 0 Å². The summed E-state index contributed by atoms with van der Waals surface area (Å²) in [6.45, 7) is 5.15. The fourth-order valence-electron chi connectivity index (χ4n) is 1.91. The minimum atomic E-state index is -1.26. The molecule has 2 rings (SSSR count). The smallest absolute Gasteiger partial charge is 0.243 e. The van der Waals surface area contributed by atoms with E-state index in [1.807, 2.05) is 26.8 Å². The lowest BCUT2D eigenvalue weighted by Gasteiger charge is -2.08. The number of anilines is 1. The standard InChI is InChI=1S/C16H18N4O3/c1-10-8-11(2)18-16(17-10)20-19-12(3)13-4-6-14(7-5-13)23-9-15(21)22/h4-8H,9H2,1-3H3,(H,21,22)(H,17,18,20)/p-1/b19-12-. The molecular formula is C16H17N4O3-. The molecule has 7 nitrogen and oxygen atoms in total. The first-order chi connectivity index (χ1) is 10.9. The lowest BCUT2D eigenvalue weighted by Crippen LogP contribution is -2.28. The Morgan fingerprint density at radius 3 is 2.39 bits per heavy atom. The molecule has 120 valence electrons. The van der Waals surface area contributed by atoms with Crippen LogP contribution in [-0.4, -0.2) is 28.3 Å². The van der Waals surface area contributed by atoms with Gasteiger partial charge in [0.05, 0.1) is 11.7 Å². The van der Waals surface area contributed by atoms with Crippen molar-refractivity contribution in [2.45, 2.75) is 20.8 Å². The Morgan fingerprint density at radius 2 is 1.83 bits per heavy atom. The number of nitrogens with one attached hydrogen (secondary N) is 1. The molecule has 7 heteroatoms. The second-order valence-corrected chi connectivity index (χ2v) is 4.97. The number of carbonyl (C=O) groups is 1. The molecule has 0 saturated carbocycles. The van der Waals surface area contributed by atoms with Crippen LogP contribution in [-0.2, 0) is 4.79 Å². The number of nitrogens with zero attached hydrogens (tertiary/aromatic N) is 3. The zero-order valence-corrected chi connectivity index (χ0v) is 13.2. The third-order valence-corrected chi connectivity index (χ3v) is 2.93. The molecule has 2 aromatic rings. The number of benzene rings is 1. The predicted octanol–water partition coefficient (Wildman–Crippen LogP) is 1.06.